The molecule has 320 valence electrons. The number of hydrogen-bond donors (Lipinski definition) is 4. The molecule has 1 unspecified atom stereocenters. The van der Waals surface area contributed by atoms with Gasteiger partial charge in [-0.1, -0.05) is 61.5 Å². The number of aliphatic hydroxyl groups excluding tert-OH is 1. The normalized spacial score (nSPS) is 44.2. The van der Waals surface area contributed by atoms with Crippen molar-refractivity contribution in [2.24, 2.45) is 41.4 Å². The summed E-state index contributed by atoms with van der Waals surface area (Å²) in [6.07, 6.45) is 6.79. The average molecular weight is 792 g/mol. The van der Waals surface area contributed by atoms with Crippen LogP contribution in [0.4, 0.5) is 0 Å². The third-order valence-electron chi connectivity index (χ3n) is 14.8. The number of aliphatic carboxylic acids is 1. The maximum absolute atomic E-state index is 14.5. The standard InChI is InChI=1S/C44H73NO11/c1-12-31(40(49)50)33-16-15-24(4)38(53-33)28(8)36(47)27(7)37(48)32(13-2)39-25(5)23-26(6)43(54-39)20-17-34(45-30(10)46)44(56-43)22-21-41(11,55-44)35-18-19-42(51,14-3)29(9)52-35/h17,20,24-29,31-36,38-39,47,51H,12-16,18-19,21-23H2,1-11H3,(H,45,46)(H,49,50)/t24-,25-,26+,27-,28-,29-,31+,32?,33+,34+,35+,36+,38+,39-,41-,42+,43-,44-/m0/s1. The molecule has 0 aromatic heterocycles. The van der Waals surface area contributed by atoms with Crippen molar-refractivity contribution in [1.29, 1.82) is 0 Å². The average Bonchev–Trinajstić information content (AvgIpc) is 3.49. The topological polar surface area (TPSA) is 170 Å². The van der Waals surface area contributed by atoms with Crippen LogP contribution in [0.3, 0.4) is 0 Å². The zero-order valence-electron chi connectivity index (χ0n) is 35.9. The van der Waals surface area contributed by atoms with E-state index < -0.39 is 76.8 Å². The number of hydrogen-bond acceptors (Lipinski definition) is 10. The van der Waals surface area contributed by atoms with Gasteiger partial charge in [0.15, 0.2) is 11.6 Å². The van der Waals surface area contributed by atoms with Crippen LogP contribution < -0.4 is 5.32 Å². The SMILES string of the molecule is CCC(C(=O)[C@@H](C)[C@@H](O)[C@H](C)[C@@H]1O[C@@H]([C@@H](CC)C(=O)O)CC[C@@H]1C)[C@H]1O[C@]2(C=C[C@@H](NC(C)=O)[C@]3(CC[C@@](C)([C@H]4CC[C@](O)(CC)[C@H](C)O4)O3)O2)[C@H](C)C[C@@H]1C. The van der Waals surface area contributed by atoms with E-state index in [1.807, 2.05) is 53.7 Å². The summed E-state index contributed by atoms with van der Waals surface area (Å²) >= 11 is 0. The first-order valence-corrected chi connectivity index (χ1v) is 21.7. The number of ketones is 1. The van der Waals surface area contributed by atoms with Gasteiger partial charge in [0.2, 0.25) is 5.91 Å². The van der Waals surface area contributed by atoms with E-state index in [1.54, 1.807) is 6.92 Å². The summed E-state index contributed by atoms with van der Waals surface area (Å²) in [4.78, 5) is 39.0. The van der Waals surface area contributed by atoms with E-state index in [2.05, 4.69) is 26.1 Å². The van der Waals surface area contributed by atoms with Crippen molar-refractivity contribution in [3.05, 3.63) is 12.2 Å². The van der Waals surface area contributed by atoms with Gasteiger partial charge in [0.25, 0.3) is 0 Å². The highest BCUT2D eigenvalue weighted by molar-refractivity contribution is 5.84. The molecule has 0 radical (unpaired) electrons. The Labute approximate surface area is 335 Å². The molecule has 5 heterocycles. The van der Waals surface area contributed by atoms with Gasteiger partial charge in [-0.2, -0.15) is 0 Å². The Kier molecular flexibility index (Phi) is 14.0. The van der Waals surface area contributed by atoms with Gasteiger partial charge in [0.1, 0.15) is 11.8 Å². The Balaban J connectivity index is 1.36. The summed E-state index contributed by atoms with van der Waals surface area (Å²) in [5.74, 6) is -5.98. The van der Waals surface area contributed by atoms with Crippen LogP contribution in [-0.4, -0.2) is 98.4 Å². The third kappa shape index (κ3) is 8.54. The van der Waals surface area contributed by atoms with E-state index in [0.717, 1.165) is 6.42 Å². The summed E-state index contributed by atoms with van der Waals surface area (Å²) in [6, 6.07) is -0.595. The molecule has 4 fully saturated rings. The molecule has 12 heteroatoms. The minimum Gasteiger partial charge on any atom is -0.481 e. The fourth-order valence-electron chi connectivity index (χ4n) is 10.9. The highest BCUT2D eigenvalue weighted by atomic mass is 16.8. The largest absolute Gasteiger partial charge is 0.481 e. The monoisotopic (exact) mass is 792 g/mol. The van der Waals surface area contributed by atoms with Crippen molar-refractivity contribution in [2.45, 2.75) is 206 Å². The van der Waals surface area contributed by atoms with Crippen molar-refractivity contribution >= 4 is 17.7 Å². The van der Waals surface area contributed by atoms with Crippen molar-refractivity contribution in [1.82, 2.24) is 5.32 Å². The predicted molar refractivity (Wildman–Crippen MR) is 210 cm³/mol. The molecule has 1 amide bonds. The summed E-state index contributed by atoms with van der Waals surface area (Å²) in [5, 5.41) is 35.8. The predicted octanol–water partition coefficient (Wildman–Crippen LogP) is 6.33. The van der Waals surface area contributed by atoms with Crippen LogP contribution in [0.25, 0.3) is 0 Å². The highest BCUT2D eigenvalue weighted by Gasteiger charge is 2.63. The van der Waals surface area contributed by atoms with E-state index in [9.17, 15) is 29.7 Å². The highest BCUT2D eigenvalue weighted by Crippen LogP contribution is 2.54. The lowest BCUT2D eigenvalue weighted by Gasteiger charge is -2.55. The Hall–Kier alpha value is -1.93. The molecule has 2 spiro atoms. The molecule has 0 aromatic carbocycles. The number of aliphatic hydroxyl groups is 2. The first-order chi connectivity index (χ1) is 26.2. The molecular weight excluding hydrogens is 718 g/mol. The quantitative estimate of drug-likeness (QED) is 0.154. The van der Waals surface area contributed by atoms with E-state index in [-0.39, 0.29) is 47.8 Å². The van der Waals surface area contributed by atoms with Crippen LogP contribution in [0.5, 0.6) is 0 Å². The van der Waals surface area contributed by atoms with Gasteiger partial charge in [0.05, 0.1) is 53.7 Å². The van der Waals surface area contributed by atoms with Gasteiger partial charge in [0, 0.05) is 37.0 Å². The van der Waals surface area contributed by atoms with Crippen LogP contribution in [-0.2, 0) is 38.1 Å². The number of Topliss-reactive ketones (excluding diaryl/α,β-unsaturated/α-hetero) is 1. The Bertz CT molecular complexity index is 1440. The smallest absolute Gasteiger partial charge is 0.309 e. The van der Waals surface area contributed by atoms with Gasteiger partial charge in [-0.15, -0.1) is 0 Å². The van der Waals surface area contributed by atoms with Crippen LogP contribution in [0.1, 0.15) is 140 Å². The maximum Gasteiger partial charge on any atom is 0.309 e. The molecule has 4 saturated heterocycles. The molecule has 0 aromatic rings. The number of carboxylic acids is 1. The fraction of sp³-hybridized carbons (Fsp3) is 0.886. The van der Waals surface area contributed by atoms with Crippen LogP contribution in [0.15, 0.2) is 12.2 Å². The van der Waals surface area contributed by atoms with Gasteiger partial charge in [-0.25, -0.2) is 0 Å². The molecule has 5 aliphatic heterocycles. The van der Waals surface area contributed by atoms with E-state index in [1.165, 1.54) is 6.92 Å². The lowest BCUT2D eigenvalue weighted by molar-refractivity contribution is -0.398. The van der Waals surface area contributed by atoms with Crippen molar-refractivity contribution in [3.63, 3.8) is 0 Å². The van der Waals surface area contributed by atoms with Gasteiger partial charge in [-0.05, 0) is 89.5 Å². The Morgan fingerprint density at radius 3 is 2.16 bits per heavy atom. The zero-order valence-corrected chi connectivity index (χ0v) is 35.9. The maximum atomic E-state index is 14.5. The Morgan fingerprint density at radius 2 is 1.57 bits per heavy atom. The molecule has 18 atom stereocenters. The number of nitrogens with one attached hydrogen (secondary N) is 1. The van der Waals surface area contributed by atoms with E-state index >= 15 is 0 Å². The molecular formula is C44H73NO11. The molecule has 0 bridgehead atoms. The summed E-state index contributed by atoms with van der Waals surface area (Å²) < 4.78 is 34.1. The molecule has 0 aliphatic carbocycles. The third-order valence-corrected chi connectivity index (χ3v) is 14.8. The van der Waals surface area contributed by atoms with Gasteiger partial charge in [-0.3, -0.25) is 14.4 Å². The lowest BCUT2D eigenvalue weighted by Crippen LogP contribution is -2.65. The second kappa shape index (κ2) is 17.3. The summed E-state index contributed by atoms with van der Waals surface area (Å²) in [5.41, 5.74) is -1.65. The molecule has 12 nitrogen and oxygen atoms in total. The lowest BCUT2D eigenvalue weighted by atomic mass is 9.72. The first-order valence-electron chi connectivity index (χ1n) is 21.7. The molecule has 4 N–H and O–H groups in total. The number of rotatable bonds is 13. The number of carboxylic acid groups (broad SMARTS) is 1. The minimum absolute atomic E-state index is 0.000895. The van der Waals surface area contributed by atoms with Crippen LogP contribution in [0.2, 0.25) is 0 Å². The second-order valence-electron chi connectivity index (χ2n) is 18.6. The fourth-order valence-corrected chi connectivity index (χ4v) is 10.9. The molecule has 56 heavy (non-hydrogen) atoms. The van der Waals surface area contributed by atoms with Crippen molar-refractivity contribution in [2.75, 3.05) is 0 Å². The van der Waals surface area contributed by atoms with Crippen molar-refractivity contribution in [3.8, 4) is 0 Å². The molecule has 5 rings (SSSR count). The van der Waals surface area contributed by atoms with E-state index in [4.69, 9.17) is 23.7 Å². The minimum atomic E-state index is -1.27. The Morgan fingerprint density at radius 1 is 0.893 bits per heavy atom. The molecule has 5 aliphatic rings. The van der Waals surface area contributed by atoms with Gasteiger partial charge >= 0.3 is 5.97 Å². The summed E-state index contributed by atoms with van der Waals surface area (Å²) in [7, 11) is 0. The summed E-state index contributed by atoms with van der Waals surface area (Å²) in [6.45, 7) is 21.1. The second-order valence-corrected chi connectivity index (χ2v) is 18.6. The molecule has 0 saturated carbocycles. The number of amides is 1. The van der Waals surface area contributed by atoms with Crippen molar-refractivity contribution < 1.29 is 53.4 Å². The zero-order chi connectivity index (χ0) is 41.5. The number of ether oxygens (including phenoxy) is 5. The number of carbonyl (C=O) groups is 3. The van der Waals surface area contributed by atoms with Crippen LogP contribution in [0, 0.1) is 41.4 Å². The van der Waals surface area contributed by atoms with Gasteiger partial charge < -0.3 is 44.3 Å². The van der Waals surface area contributed by atoms with E-state index in [0.29, 0.717) is 57.8 Å². The number of carbonyl (C=O) groups excluding carboxylic acids is 2. The van der Waals surface area contributed by atoms with Crippen LogP contribution >= 0.6 is 0 Å². The first kappa shape index (κ1) is 45.2.